The zero-order chi connectivity index (χ0) is 51.5. The fraction of sp³-hybridized carbons (Fsp3) is 0.333. The lowest BCUT2D eigenvalue weighted by atomic mass is 9.84. The third-order valence-corrected chi connectivity index (χ3v) is 11.8. The maximum atomic E-state index is 14.5. The van der Waals surface area contributed by atoms with Crippen LogP contribution in [0.2, 0.25) is 0 Å². The van der Waals surface area contributed by atoms with E-state index in [0.717, 1.165) is 67.4 Å². The molecule has 374 valence electrons. The molecule has 14 heteroatoms. The highest BCUT2D eigenvalue weighted by Gasteiger charge is 2.43. The standard InChI is InChI=1S/C29H29F3O4.C28H27F3O4/c1-28(2,3)36-26(27(33)34-4)25-22(29(30,31)32)14-13-21(18-9-6-5-7-10-18)24(25)20-12-15-23-19(17-20)11-8-16-35-23;1-27(2,3)35-25(26(32)33)24-21(28(29,30)31)13-12-20(17-8-5-4-6-9-17)23(24)19-11-14-22-18(16-19)10-7-15-34-22/h5-7,9-10,12-15,17,26H,8,11,16H2,1-4H3;4-6,8-9,11-14,16,25H,7,10,15H2,1-3H3,(H,32,33). The summed E-state index contributed by atoms with van der Waals surface area (Å²) in [4.78, 5) is 25.4. The molecule has 0 spiro atoms. The van der Waals surface area contributed by atoms with E-state index in [2.05, 4.69) is 0 Å². The number of benzene rings is 6. The Kier molecular flexibility index (Phi) is 15.4. The molecule has 2 unspecified atom stereocenters. The number of halogens is 6. The fourth-order valence-electron chi connectivity index (χ4n) is 8.92. The van der Waals surface area contributed by atoms with Gasteiger partial charge in [-0.05, 0) is 159 Å². The first-order valence-electron chi connectivity index (χ1n) is 23.2. The lowest BCUT2D eigenvalue weighted by Crippen LogP contribution is -2.30. The number of aryl methyl sites for hydroxylation is 2. The highest BCUT2D eigenvalue weighted by Crippen LogP contribution is 2.49. The van der Waals surface area contributed by atoms with Gasteiger partial charge in [0.25, 0.3) is 0 Å². The van der Waals surface area contributed by atoms with Gasteiger partial charge in [-0.3, -0.25) is 0 Å². The lowest BCUT2D eigenvalue weighted by molar-refractivity contribution is -0.166. The summed E-state index contributed by atoms with van der Waals surface area (Å²) in [6.07, 6.45) is -9.88. The fourth-order valence-corrected chi connectivity index (χ4v) is 8.92. The summed E-state index contributed by atoms with van der Waals surface area (Å²) in [6.45, 7) is 11.1. The zero-order valence-corrected chi connectivity index (χ0v) is 40.5. The van der Waals surface area contributed by atoms with Gasteiger partial charge in [-0.15, -0.1) is 0 Å². The van der Waals surface area contributed by atoms with Gasteiger partial charge in [0.15, 0.2) is 12.2 Å². The monoisotopic (exact) mass is 982 g/mol. The van der Waals surface area contributed by atoms with Crippen LogP contribution in [0, 0.1) is 0 Å². The molecule has 2 heterocycles. The molecule has 1 N–H and O–H groups in total. The Hall–Kier alpha value is -6.64. The van der Waals surface area contributed by atoms with E-state index < -0.39 is 64.4 Å². The van der Waals surface area contributed by atoms with Gasteiger partial charge in [0.1, 0.15) is 11.5 Å². The molecule has 0 saturated carbocycles. The second-order valence-electron chi connectivity index (χ2n) is 19.3. The Bertz CT molecular complexity index is 2860. The molecule has 0 fully saturated rings. The van der Waals surface area contributed by atoms with Gasteiger partial charge in [0, 0.05) is 11.1 Å². The minimum Gasteiger partial charge on any atom is -0.493 e. The number of fused-ring (bicyclic) bond motifs is 2. The van der Waals surface area contributed by atoms with Crippen LogP contribution >= 0.6 is 0 Å². The summed E-state index contributed by atoms with van der Waals surface area (Å²) in [5.74, 6) is -0.980. The first kappa shape index (κ1) is 52.2. The lowest BCUT2D eigenvalue weighted by Gasteiger charge is -2.31. The van der Waals surface area contributed by atoms with Crippen LogP contribution in [-0.2, 0) is 49.0 Å². The number of aliphatic carboxylic acids is 1. The largest absolute Gasteiger partial charge is 0.493 e. The van der Waals surface area contributed by atoms with Crippen molar-refractivity contribution in [2.24, 2.45) is 0 Å². The molecule has 6 aromatic rings. The summed E-state index contributed by atoms with van der Waals surface area (Å²) in [7, 11) is 1.14. The first-order valence-corrected chi connectivity index (χ1v) is 23.2. The average molecular weight is 983 g/mol. The summed E-state index contributed by atoms with van der Waals surface area (Å²) >= 11 is 0. The maximum Gasteiger partial charge on any atom is 0.416 e. The summed E-state index contributed by atoms with van der Waals surface area (Å²) in [5.41, 5.74) is 1.17. The highest BCUT2D eigenvalue weighted by atomic mass is 19.4. The zero-order valence-electron chi connectivity index (χ0n) is 40.5. The van der Waals surface area contributed by atoms with Gasteiger partial charge < -0.3 is 28.8 Å². The molecule has 0 aliphatic carbocycles. The summed E-state index contributed by atoms with van der Waals surface area (Å²) < 4.78 is 115. The SMILES string of the molecule is CC(C)(C)OC(C(=O)O)c1c(C(F)(F)F)ccc(-c2ccccc2)c1-c1ccc2c(c1)CCCO2.COC(=O)C(OC(C)(C)C)c1c(C(F)(F)F)ccc(-c2ccccc2)c1-c1ccc2c(c1)CCCO2. The highest BCUT2D eigenvalue weighted by molar-refractivity contribution is 5.92. The van der Waals surface area contributed by atoms with Gasteiger partial charge in [-0.25, -0.2) is 9.59 Å². The molecule has 2 atom stereocenters. The van der Waals surface area contributed by atoms with Gasteiger partial charge in [-0.1, -0.05) is 84.9 Å². The molecule has 0 amide bonds. The first-order chi connectivity index (χ1) is 33.4. The van der Waals surface area contributed by atoms with E-state index in [1.165, 1.54) is 12.1 Å². The van der Waals surface area contributed by atoms with Crippen molar-refractivity contribution in [3.63, 3.8) is 0 Å². The Morgan fingerprint density at radius 1 is 0.535 bits per heavy atom. The third-order valence-electron chi connectivity index (χ3n) is 11.8. The minimum atomic E-state index is -4.79. The quantitative estimate of drug-likeness (QED) is 0.107. The van der Waals surface area contributed by atoms with Crippen molar-refractivity contribution in [2.45, 2.75) is 103 Å². The number of methoxy groups -OCH3 is 1. The predicted octanol–water partition coefficient (Wildman–Crippen LogP) is 14.7. The molecule has 2 aliphatic rings. The van der Waals surface area contributed by atoms with Crippen LogP contribution in [0.1, 0.15) is 100.0 Å². The Balaban J connectivity index is 0.000000209. The molecule has 0 saturated heterocycles. The van der Waals surface area contributed by atoms with Crippen molar-refractivity contribution >= 4 is 11.9 Å². The molecule has 6 aromatic carbocycles. The van der Waals surface area contributed by atoms with Crippen LogP contribution in [-0.4, -0.2) is 48.6 Å². The number of carboxylic acid groups (broad SMARTS) is 1. The van der Waals surface area contributed by atoms with Crippen LogP contribution in [0.25, 0.3) is 44.5 Å². The van der Waals surface area contributed by atoms with E-state index >= 15 is 0 Å². The summed E-state index contributed by atoms with van der Waals surface area (Å²) in [6, 6.07) is 33.5. The van der Waals surface area contributed by atoms with E-state index in [9.17, 15) is 41.0 Å². The van der Waals surface area contributed by atoms with Crippen molar-refractivity contribution in [1.29, 1.82) is 0 Å². The van der Waals surface area contributed by atoms with E-state index in [-0.39, 0.29) is 16.7 Å². The molecule has 0 aromatic heterocycles. The van der Waals surface area contributed by atoms with Crippen molar-refractivity contribution in [2.75, 3.05) is 20.3 Å². The molecule has 8 rings (SSSR count). The molecule has 0 bridgehead atoms. The second-order valence-corrected chi connectivity index (χ2v) is 19.3. The topological polar surface area (TPSA) is 101 Å². The maximum absolute atomic E-state index is 14.5. The van der Waals surface area contributed by atoms with Gasteiger partial charge >= 0.3 is 24.3 Å². The number of hydrogen-bond donors (Lipinski definition) is 1. The van der Waals surface area contributed by atoms with E-state index in [1.54, 1.807) is 96.1 Å². The third kappa shape index (κ3) is 12.3. The van der Waals surface area contributed by atoms with Crippen LogP contribution in [0.3, 0.4) is 0 Å². The molecular formula is C57H56F6O8. The second kappa shape index (κ2) is 21.0. The van der Waals surface area contributed by atoms with Crippen LogP contribution < -0.4 is 9.47 Å². The van der Waals surface area contributed by atoms with Gasteiger partial charge in [0.05, 0.1) is 42.7 Å². The van der Waals surface area contributed by atoms with E-state index in [0.29, 0.717) is 46.8 Å². The van der Waals surface area contributed by atoms with Crippen molar-refractivity contribution in [3.8, 4) is 56.0 Å². The number of carbonyl (C=O) groups is 2. The Morgan fingerprint density at radius 3 is 1.30 bits per heavy atom. The Labute approximate surface area is 409 Å². The van der Waals surface area contributed by atoms with Crippen molar-refractivity contribution < 1.29 is 64.7 Å². The molecule has 2 aliphatic heterocycles. The van der Waals surface area contributed by atoms with E-state index in [1.807, 2.05) is 42.5 Å². The minimum absolute atomic E-state index is 0.191. The number of hydrogen-bond acceptors (Lipinski definition) is 7. The normalized spacial score (nSPS) is 14.6. The number of esters is 1. The van der Waals surface area contributed by atoms with E-state index in [4.69, 9.17) is 23.7 Å². The number of carboxylic acids is 1. The van der Waals surface area contributed by atoms with Crippen LogP contribution in [0.5, 0.6) is 11.5 Å². The average Bonchev–Trinajstić information content (AvgIpc) is 3.33. The van der Waals surface area contributed by atoms with Crippen LogP contribution in [0.15, 0.2) is 121 Å². The number of alkyl halides is 6. The molecular weight excluding hydrogens is 927 g/mol. The van der Waals surface area contributed by atoms with Gasteiger partial charge in [0.2, 0.25) is 0 Å². The summed E-state index contributed by atoms with van der Waals surface area (Å²) in [5, 5.41) is 10.1. The predicted molar refractivity (Wildman–Crippen MR) is 259 cm³/mol. The van der Waals surface area contributed by atoms with Crippen LogP contribution in [0.4, 0.5) is 26.3 Å². The molecule has 71 heavy (non-hydrogen) atoms. The van der Waals surface area contributed by atoms with Crippen molar-refractivity contribution in [1.82, 2.24) is 0 Å². The number of ether oxygens (including phenoxy) is 5. The van der Waals surface area contributed by atoms with Gasteiger partial charge in [-0.2, -0.15) is 26.3 Å². The number of rotatable bonds is 10. The molecule has 8 nitrogen and oxygen atoms in total. The Morgan fingerprint density at radius 2 is 0.930 bits per heavy atom. The smallest absolute Gasteiger partial charge is 0.416 e. The molecule has 0 radical (unpaired) electrons. The van der Waals surface area contributed by atoms with Crippen molar-refractivity contribution in [3.05, 3.63) is 155 Å². The number of carbonyl (C=O) groups excluding carboxylic acids is 1.